The topological polar surface area (TPSA) is 46.3 Å². The molecule has 1 fully saturated rings. The maximum absolute atomic E-state index is 12.6. The van der Waals surface area contributed by atoms with Crippen LogP contribution in [0.2, 0.25) is 0 Å². The molecule has 2 aromatic rings. The summed E-state index contributed by atoms with van der Waals surface area (Å²) < 4.78 is 0. The van der Waals surface area contributed by atoms with Crippen molar-refractivity contribution in [2.24, 2.45) is 5.92 Å². The van der Waals surface area contributed by atoms with E-state index in [-0.39, 0.29) is 18.3 Å². The smallest absolute Gasteiger partial charge is 0.222 e. The van der Waals surface area contributed by atoms with Gasteiger partial charge in [-0.15, -0.1) is 12.4 Å². The summed E-state index contributed by atoms with van der Waals surface area (Å²) in [5, 5.41) is 0. The average molecular weight is 359 g/mol. The lowest BCUT2D eigenvalue weighted by Gasteiger charge is -2.37. The highest BCUT2D eigenvalue weighted by Crippen LogP contribution is 2.32. The summed E-state index contributed by atoms with van der Waals surface area (Å²) in [6.07, 6.45) is 2.31. The average Bonchev–Trinajstić information content (AvgIpc) is 2.61. The van der Waals surface area contributed by atoms with Crippen molar-refractivity contribution < 1.29 is 4.79 Å². The molecule has 0 saturated carbocycles. The number of nitrogens with two attached hydrogens (primary N) is 1. The number of piperidine rings is 1. The maximum atomic E-state index is 12.6. The van der Waals surface area contributed by atoms with E-state index in [1.165, 1.54) is 5.56 Å². The van der Waals surface area contributed by atoms with Gasteiger partial charge in [-0.2, -0.15) is 0 Å². The van der Waals surface area contributed by atoms with E-state index in [4.69, 9.17) is 5.73 Å². The number of carbonyl (C=O) groups excluding carboxylic acids is 1. The molecule has 134 valence electrons. The third kappa shape index (κ3) is 4.76. The third-order valence-corrected chi connectivity index (χ3v) is 5.15. The fourth-order valence-corrected chi connectivity index (χ4v) is 3.73. The van der Waals surface area contributed by atoms with Gasteiger partial charge in [-0.25, -0.2) is 0 Å². The van der Waals surface area contributed by atoms with Gasteiger partial charge >= 0.3 is 0 Å². The quantitative estimate of drug-likeness (QED) is 0.829. The zero-order chi connectivity index (χ0) is 16.9. The predicted octanol–water partition coefficient (Wildman–Crippen LogP) is 4.28. The van der Waals surface area contributed by atoms with Crippen LogP contribution in [0.4, 0.5) is 5.69 Å². The van der Waals surface area contributed by atoms with Crippen LogP contribution in [0, 0.1) is 5.92 Å². The Balaban J connectivity index is 0.00000225. The van der Waals surface area contributed by atoms with E-state index in [0.29, 0.717) is 18.3 Å². The molecule has 1 heterocycles. The number of carbonyl (C=O) groups is 1. The summed E-state index contributed by atoms with van der Waals surface area (Å²) in [5.41, 5.74) is 9.21. The summed E-state index contributed by atoms with van der Waals surface area (Å²) in [6.45, 7) is 3.96. The van der Waals surface area contributed by atoms with Gasteiger partial charge in [0.15, 0.2) is 0 Å². The molecule has 1 saturated heterocycles. The van der Waals surface area contributed by atoms with E-state index >= 15 is 0 Å². The molecule has 0 radical (unpaired) electrons. The molecule has 0 aromatic heterocycles. The van der Waals surface area contributed by atoms with Crippen molar-refractivity contribution >= 4 is 24.0 Å². The number of benzene rings is 2. The molecule has 1 aliphatic rings. The van der Waals surface area contributed by atoms with Gasteiger partial charge in [0.05, 0.1) is 0 Å². The molecule has 2 N–H and O–H groups in total. The first-order chi connectivity index (χ1) is 11.6. The molecule has 1 aliphatic heterocycles. The highest BCUT2D eigenvalue weighted by molar-refractivity contribution is 5.85. The van der Waals surface area contributed by atoms with Gasteiger partial charge in [0, 0.05) is 25.2 Å². The van der Waals surface area contributed by atoms with Crippen LogP contribution in [-0.4, -0.2) is 23.9 Å². The van der Waals surface area contributed by atoms with Crippen LogP contribution in [0.1, 0.15) is 36.8 Å². The Hall–Kier alpha value is -2.00. The Morgan fingerprint density at radius 3 is 2.48 bits per heavy atom. The second-order valence-electron chi connectivity index (χ2n) is 6.82. The first-order valence-electron chi connectivity index (χ1n) is 8.81. The summed E-state index contributed by atoms with van der Waals surface area (Å²) >= 11 is 0. The van der Waals surface area contributed by atoms with Crippen molar-refractivity contribution in [1.82, 2.24) is 4.90 Å². The molecule has 2 atom stereocenters. The first kappa shape index (κ1) is 19.3. The van der Waals surface area contributed by atoms with E-state index in [1.807, 2.05) is 29.2 Å². The molecule has 25 heavy (non-hydrogen) atoms. The fourth-order valence-electron chi connectivity index (χ4n) is 3.73. The van der Waals surface area contributed by atoms with E-state index in [1.54, 1.807) is 0 Å². The summed E-state index contributed by atoms with van der Waals surface area (Å²) in [5.74, 6) is 1.29. The van der Waals surface area contributed by atoms with Crippen LogP contribution in [0.25, 0.3) is 0 Å². The zero-order valence-electron chi connectivity index (χ0n) is 14.7. The van der Waals surface area contributed by atoms with E-state index in [0.717, 1.165) is 37.2 Å². The molecule has 3 rings (SSSR count). The zero-order valence-corrected chi connectivity index (χ0v) is 15.5. The highest BCUT2D eigenvalue weighted by atomic mass is 35.5. The van der Waals surface area contributed by atoms with Crippen molar-refractivity contribution in [2.75, 3.05) is 18.8 Å². The van der Waals surface area contributed by atoms with Crippen molar-refractivity contribution in [3.8, 4) is 0 Å². The minimum absolute atomic E-state index is 0. The number of nitrogens with zero attached hydrogens (tertiary/aromatic N) is 1. The maximum Gasteiger partial charge on any atom is 0.222 e. The monoisotopic (exact) mass is 358 g/mol. The second kappa shape index (κ2) is 8.91. The SMILES string of the molecule is CC1CN(C(=O)CCc2ccccc2N)CCC1c1ccccc1.Cl. The number of hydrogen-bond acceptors (Lipinski definition) is 2. The van der Waals surface area contributed by atoms with Crippen molar-refractivity contribution in [3.05, 3.63) is 65.7 Å². The number of rotatable bonds is 4. The van der Waals surface area contributed by atoms with Crippen LogP contribution < -0.4 is 5.73 Å². The highest BCUT2D eigenvalue weighted by Gasteiger charge is 2.29. The molecule has 0 aliphatic carbocycles. The number of aryl methyl sites for hydroxylation is 1. The largest absolute Gasteiger partial charge is 0.399 e. The molecule has 2 unspecified atom stereocenters. The summed E-state index contributed by atoms with van der Waals surface area (Å²) in [4.78, 5) is 14.6. The Labute approximate surface area is 156 Å². The number of nitrogen functional groups attached to an aromatic ring is 1. The molecule has 4 heteroatoms. The second-order valence-corrected chi connectivity index (χ2v) is 6.82. The van der Waals surface area contributed by atoms with Gasteiger partial charge < -0.3 is 10.6 Å². The molecule has 3 nitrogen and oxygen atoms in total. The van der Waals surface area contributed by atoms with Gasteiger partial charge in [-0.05, 0) is 41.9 Å². The van der Waals surface area contributed by atoms with Crippen LogP contribution >= 0.6 is 12.4 Å². The standard InChI is InChI=1S/C21H26N2O.ClH/c1-16-15-23(14-13-19(16)17-7-3-2-4-8-17)21(24)12-11-18-9-5-6-10-20(18)22;/h2-10,16,19H,11-15,22H2,1H3;1H. The summed E-state index contributed by atoms with van der Waals surface area (Å²) in [6, 6.07) is 18.5. The van der Waals surface area contributed by atoms with Gasteiger partial charge in [0.2, 0.25) is 5.91 Å². The van der Waals surface area contributed by atoms with Crippen molar-refractivity contribution in [1.29, 1.82) is 0 Å². The lowest BCUT2D eigenvalue weighted by atomic mass is 9.81. The predicted molar refractivity (Wildman–Crippen MR) is 106 cm³/mol. The van der Waals surface area contributed by atoms with Crippen LogP contribution in [-0.2, 0) is 11.2 Å². The van der Waals surface area contributed by atoms with Gasteiger partial charge in [0.25, 0.3) is 0 Å². The van der Waals surface area contributed by atoms with Crippen LogP contribution in [0.3, 0.4) is 0 Å². The lowest BCUT2D eigenvalue weighted by molar-refractivity contribution is -0.133. The van der Waals surface area contributed by atoms with Gasteiger partial charge in [-0.1, -0.05) is 55.5 Å². The van der Waals surface area contributed by atoms with Crippen molar-refractivity contribution in [2.45, 2.75) is 32.1 Å². The number of para-hydroxylation sites is 1. The molecular formula is C21H27ClN2O. The van der Waals surface area contributed by atoms with Crippen molar-refractivity contribution in [3.63, 3.8) is 0 Å². The van der Waals surface area contributed by atoms with Crippen LogP contribution in [0.5, 0.6) is 0 Å². The Morgan fingerprint density at radius 1 is 1.12 bits per heavy atom. The van der Waals surface area contributed by atoms with E-state index in [9.17, 15) is 4.79 Å². The minimum Gasteiger partial charge on any atom is -0.399 e. The normalized spacial score (nSPS) is 20.0. The molecule has 1 amide bonds. The summed E-state index contributed by atoms with van der Waals surface area (Å²) in [7, 11) is 0. The Kier molecular flexibility index (Phi) is 6.89. The van der Waals surface area contributed by atoms with E-state index in [2.05, 4.69) is 37.3 Å². The molecular weight excluding hydrogens is 332 g/mol. The Morgan fingerprint density at radius 2 is 1.80 bits per heavy atom. The molecule has 2 aromatic carbocycles. The molecule has 0 spiro atoms. The fraction of sp³-hybridized carbons (Fsp3) is 0.381. The van der Waals surface area contributed by atoms with E-state index < -0.39 is 0 Å². The first-order valence-corrected chi connectivity index (χ1v) is 8.81. The number of hydrogen-bond donors (Lipinski definition) is 1. The van der Waals surface area contributed by atoms with Crippen LogP contribution in [0.15, 0.2) is 54.6 Å². The lowest BCUT2D eigenvalue weighted by Crippen LogP contribution is -2.42. The number of likely N-dealkylation sites (tertiary alicyclic amines) is 1. The van der Waals surface area contributed by atoms with Gasteiger partial charge in [0.1, 0.15) is 0 Å². The number of halogens is 1. The minimum atomic E-state index is 0. The van der Waals surface area contributed by atoms with Gasteiger partial charge in [-0.3, -0.25) is 4.79 Å². The number of anilines is 1. The third-order valence-electron chi connectivity index (χ3n) is 5.15. The Bertz CT molecular complexity index is 689. The molecule has 0 bridgehead atoms. The number of amides is 1.